The summed E-state index contributed by atoms with van der Waals surface area (Å²) in [7, 11) is 3.44. The molecule has 3 heteroatoms. The maximum atomic E-state index is 10.9. The molecule has 0 aromatic rings. The molecule has 0 atom stereocenters. The maximum Gasteiger partial charge on any atom is 0.222 e. The van der Waals surface area contributed by atoms with E-state index >= 15 is 0 Å². The molecule has 0 rings (SSSR count). The van der Waals surface area contributed by atoms with Crippen LogP contribution in [0.25, 0.3) is 0 Å². The first-order valence-electron chi connectivity index (χ1n) is 3.73. The molecule has 0 aromatic heterocycles. The lowest BCUT2D eigenvalue weighted by Crippen LogP contribution is -2.21. The topological polar surface area (TPSA) is 37.4 Å². The first-order chi connectivity index (χ1) is 5.04. The van der Waals surface area contributed by atoms with E-state index < -0.39 is 0 Å². The van der Waals surface area contributed by atoms with E-state index in [0.717, 1.165) is 0 Å². The van der Waals surface area contributed by atoms with Crippen molar-refractivity contribution < 1.29 is 9.59 Å². The monoisotopic (exact) mass is 157 g/mol. The van der Waals surface area contributed by atoms with Gasteiger partial charge in [0.2, 0.25) is 5.91 Å². The molecule has 11 heavy (non-hydrogen) atoms. The van der Waals surface area contributed by atoms with Gasteiger partial charge in [0.1, 0.15) is 5.78 Å². The molecule has 0 N–H and O–H groups in total. The second-order valence-electron chi connectivity index (χ2n) is 2.84. The summed E-state index contributed by atoms with van der Waals surface area (Å²) in [5, 5.41) is 0. The summed E-state index contributed by atoms with van der Waals surface area (Å²) in [6.07, 6.45) is 1.67. The van der Waals surface area contributed by atoms with Crippen LogP contribution in [-0.4, -0.2) is 30.7 Å². The summed E-state index contributed by atoms with van der Waals surface area (Å²) >= 11 is 0. The summed E-state index contributed by atoms with van der Waals surface area (Å²) in [6, 6.07) is 0. The van der Waals surface area contributed by atoms with Crippen molar-refractivity contribution >= 4 is 11.7 Å². The lowest BCUT2D eigenvalue weighted by atomic mass is 10.2. The second-order valence-corrected chi connectivity index (χ2v) is 2.84. The van der Waals surface area contributed by atoms with Crippen molar-refractivity contribution in [2.24, 2.45) is 0 Å². The Balaban J connectivity index is 3.39. The fourth-order valence-electron chi connectivity index (χ4n) is 0.712. The third-order valence-electron chi connectivity index (χ3n) is 1.42. The third-order valence-corrected chi connectivity index (χ3v) is 1.42. The average molecular weight is 157 g/mol. The van der Waals surface area contributed by atoms with E-state index in [0.29, 0.717) is 19.3 Å². The van der Waals surface area contributed by atoms with Crippen LogP contribution >= 0.6 is 0 Å². The molecule has 0 aliphatic carbocycles. The number of amides is 1. The minimum absolute atomic E-state index is 0.0891. The Morgan fingerprint density at radius 2 is 1.73 bits per heavy atom. The number of ketones is 1. The third kappa shape index (κ3) is 5.58. The molecular weight excluding hydrogens is 142 g/mol. The van der Waals surface area contributed by atoms with Crippen LogP contribution in [0.3, 0.4) is 0 Å². The number of hydrogen-bond acceptors (Lipinski definition) is 2. The first kappa shape index (κ1) is 10.1. The highest BCUT2D eigenvalue weighted by molar-refractivity contribution is 5.78. The molecule has 0 heterocycles. The molecule has 0 radical (unpaired) electrons. The van der Waals surface area contributed by atoms with E-state index in [1.165, 1.54) is 0 Å². The second kappa shape index (κ2) is 4.88. The minimum atomic E-state index is 0.0891. The van der Waals surface area contributed by atoms with Gasteiger partial charge in [-0.15, -0.1) is 0 Å². The highest BCUT2D eigenvalue weighted by atomic mass is 16.2. The highest BCUT2D eigenvalue weighted by Crippen LogP contribution is 1.98. The molecule has 0 aliphatic rings. The Hall–Kier alpha value is -0.860. The fraction of sp³-hybridized carbons (Fsp3) is 0.750. The summed E-state index contributed by atoms with van der Waals surface area (Å²) in [5.74, 6) is 0.239. The van der Waals surface area contributed by atoms with Crippen LogP contribution in [0, 0.1) is 0 Å². The van der Waals surface area contributed by atoms with Crippen LogP contribution in [0.1, 0.15) is 26.2 Å². The van der Waals surface area contributed by atoms with Crippen molar-refractivity contribution in [1.82, 2.24) is 4.90 Å². The summed E-state index contributed by atoms with van der Waals surface area (Å²) in [5.41, 5.74) is 0. The van der Waals surface area contributed by atoms with Crippen molar-refractivity contribution in [3.05, 3.63) is 0 Å². The van der Waals surface area contributed by atoms with Gasteiger partial charge in [0, 0.05) is 26.9 Å². The Morgan fingerprint density at radius 3 is 2.09 bits per heavy atom. The molecule has 0 spiro atoms. The normalized spacial score (nSPS) is 9.36. The quantitative estimate of drug-likeness (QED) is 0.606. The van der Waals surface area contributed by atoms with Crippen LogP contribution < -0.4 is 0 Å². The first-order valence-corrected chi connectivity index (χ1v) is 3.73. The zero-order chi connectivity index (χ0) is 8.85. The van der Waals surface area contributed by atoms with Gasteiger partial charge in [0.15, 0.2) is 0 Å². The van der Waals surface area contributed by atoms with Crippen molar-refractivity contribution in [2.75, 3.05) is 14.1 Å². The van der Waals surface area contributed by atoms with Gasteiger partial charge < -0.3 is 9.69 Å². The SMILES string of the molecule is CC(=O)CCCC(=O)N(C)C. The van der Waals surface area contributed by atoms with Crippen LogP contribution in [0.5, 0.6) is 0 Å². The standard InChI is InChI=1S/C8H15NO2/c1-7(10)5-4-6-8(11)9(2)3/h4-6H2,1-3H3. The number of Topliss-reactive ketones (excluding diaryl/α,β-unsaturated/α-hetero) is 1. The minimum Gasteiger partial charge on any atom is -0.349 e. The van der Waals surface area contributed by atoms with Gasteiger partial charge in [-0.3, -0.25) is 4.79 Å². The van der Waals surface area contributed by atoms with Crippen molar-refractivity contribution in [1.29, 1.82) is 0 Å². The molecule has 0 fully saturated rings. The van der Waals surface area contributed by atoms with Gasteiger partial charge >= 0.3 is 0 Å². The van der Waals surface area contributed by atoms with E-state index in [9.17, 15) is 9.59 Å². The van der Waals surface area contributed by atoms with Crippen molar-refractivity contribution in [2.45, 2.75) is 26.2 Å². The fourth-order valence-corrected chi connectivity index (χ4v) is 0.712. The number of nitrogens with zero attached hydrogens (tertiary/aromatic N) is 1. The number of rotatable bonds is 4. The van der Waals surface area contributed by atoms with Gasteiger partial charge in [-0.05, 0) is 13.3 Å². The number of hydrogen-bond donors (Lipinski definition) is 0. The molecule has 0 saturated carbocycles. The number of carbonyl (C=O) groups is 2. The molecule has 1 amide bonds. The zero-order valence-corrected chi connectivity index (χ0v) is 7.39. The lowest BCUT2D eigenvalue weighted by Gasteiger charge is -2.08. The van der Waals surface area contributed by atoms with E-state index in [2.05, 4.69) is 0 Å². The predicted molar refractivity (Wildman–Crippen MR) is 43.2 cm³/mol. The number of carbonyl (C=O) groups excluding carboxylic acids is 2. The summed E-state index contributed by atoms with van der Waals surface area (Å²) in [6.45, 7) is 1.54. The Labute approximate surface area is 67.4 Å². The Morgan fingerprint density at radius 1 is 1.18 bits per heavy atom. The van der Waals surface area contributed by atoms with Gasteiger partial charge in [-0.2, -0.15) is 0 Å². The van der Waals surface area contributed by atoms with Gasteiger partial charge in [-0.1, -0.05) is 0 Å². The smallest absolute Gasteiger partial charge is 0.222 e. The van der Waals surface area contributed by atoms with Crippen molar-refractivity contribution in [3.63, 3.8) is 0 Å². The van der Waals surface area contributed by atoms with E-state index in [4.69, 9.17) is 0 Å². The lowest BCUT2D eigenvalue weighted by molar-refractivity contribution is -0.128. The Kier molecular flexibility index (Phi) is 4.50. The molecule has 0 bridgehead atoms. The average Bonchev–Trinajstić information content (AvgIpc) is 1.86. The van der Waals surface area contributed by atoms with Crippen LogP contribution in [0.4, 0.5) is 0 Å². The maximum absolute atomic E-state index is 10.9. The Bertz CT molecular complexity index is 152. The van der Waals surface area contributed by atoms with Crippen molar-refractivity contribution in [3.8, 4) is 0 Å². The van der Waals surface area contributed by atoms with Crippen LogP contribution in [0.15, 0.2) is 0 Å². The molecule has 64 valence electrons. The predicted octanol–water partition coefficient (Wildman–Crippen LogP) is 0.834. The molecule has 0 saturated heterocycles. The van der Waals surface area contributed by atoms with Gasteiger partial charge in [-0.25, -0.2) is 0 Å². The molecule has 0 aliphatic heterocycles. The van der Waals surface area contributed by atoms with Crippen LogP contribution in [0.2, 0.25) is 0 Å². The largest absolute Gasteiger partial charge is 0.349 e. The molecular formula is C8H15NO2. The zero-order valence-electron chi connectivity index (χ0n) is 7.39. The highest BCUT2D eigenvalue weighted by Gasteiger charge is 2.03. The molecule has 3 nitrogen and oxygen atoms in total. The summed E-state index contributed by atoms with van der Waals surface area (Å²) in [4.78, 5) is 23.0. The van der Waals surface area contributed by atoms with Crippen LogP contribution in [-0.2, 0) is 9.59 Å². The summed E-state index contributed by atoms with van der Waals surface area (Å²) < 4.78 is 0. The van der Waals surface area contributed by atoms with Gasteiger partial charge in [0.25, 0.3) is 0 Å². The van der Waals surface area contributed by atoms with E-state index in [1.54, 1.807) is 25.9 Å². The van der Waals surface area contributed by atoms with E-state index in [1.807, 2.05) is 0 Å². The molecule has 0 unspecified atom stereocenters. The van der Waals surface area contributed by atoms with E-state index in [-0.39, 0.29) is 11.7 Å². The molecule has 0 aromatic carbocycles. The van der Waals surface area contributed by atoms with Gasteiger partial charge in [0.05, 0.1) is 0 Å².